The van der Waals surface area contributed by atoms with Gasteiger partial charge in [-0.1, -0.05) is 42.5 Å². The smallest absolute Gasteiger partial charge is 0.252 e. The van der Waals surface area contributed by atoms with Gasteiger partial charge in [0.25, 0.3) is 5.91 Å². The summed E-state index contributed by atoms with van der Waals surface area (Å²) in [6.45, 7) is 0.551. The van der Waals surface area contributed by atoms with Gasteiger partial charge >= 0.3 is 0 Å². The summed E-state index contributed by atoms with van der Waals surface area (Å²) in [5.41, 5.74) is 2.57. The summed E-state index contributed by atoms with van der Waals surface area (Å²) in [5, 5.41) is 2.74. The molecule has 2 aromatic heterocycles. The summed E-state index contributed by atoms with van der Waals surface area (Å²) in [7, 11) is -4.08. The number of imidazole rings is 1. The predicted molar refractivity (Wildman–Crippen MR) is 163 cm³/mol. The van der Waals surface area contributed by atoms with Crippen LogP contribution < -0.4 is 10.1 Å². The third-order valence-corrected chi connectivity index (χ3v) is 9.39. The zero-order chi connectivity index (χ0) is 30.5. The number of amides is 1. The van der Waals surface area contributed by atoms with Crippen LogP contribution in [0.1, 0.15) is 62.1 Å². The van der Waals surface area contributed by atoms with Crippen LogP contribution in [-0.4, -0.2) is 29.7 Å². The van der Waals surface area contributed by atoms with Gasteiger partial charge in [0.1, 0.15) is 17.6 Å². The van der Waals surface area contributed by atoms with Crippen LogP contribution >= 0.6 is 0 Å². The van der Waals surface area contributed by atoms with E-state index in [4.69, 9.17) is 9.15 Å². The second-order valence-corrected chi connectivity index (χ2v) is 12.6. The number of ketones is 1. The lowest BCUT2D eigenvalue weighted by atomic mass is 9.87. The van der Waals surface area contributed by atoms with Gasteiger partial charge in [-0.15, -0.1) is 0 Å². The molecule has 224 valence electrons. The standard InChI is InChI=1S/C34H31N3O6S/c38-30-13-6-12-26-27(30)15-16-31(43-32(21-37-18-17-35-23-37)24-8-2-1-3-9-24)29(26)22-44(40,41)33-14-5-4-11-28(33)34(39)36-20-25-10-7-19-42-25/h1-5,7-11,14-19,23,32H,6,12-13,20-22H2,(H,36,39). The molecule has 0 spiro atoms. The van der Waals surface area contributed by atoms with Gasteiger partial charge in [0.15, 0.2) is 15.6 Å². The first-order chi connectivity index (χ1) is 21.4. The molecule has 1 aliphatic carbocycles. The van der Waals surface area contributed by atoms with Gasteiger partial charge in [-0.2, -0.15) is 0 Å². The van der Waals surface area contributed by atoms with Crippen molar-refractivity contribution in [2.75, 3.05) is 0 Å². The van der Waals surface area contributed by atoms with Gasteiger partial charge in [-0.3, -0.25) is 9.59 Å². The van der Waals surface area contributed by atoms with Crippen LogP contribution in [0.2, 0.25) is 0 Å². The number of nitrogens with zero attached hydrogens (tertiary/aromatic N) is 2. The molecule has 44 heavy (non-hydrogen) atoms. The minimum absolute atomic E-state index is 0.0211. The van der Waals surface area contributed by atoms with E-state index in [9.17, 15) is 18.0 Å². The molecule has 0 aliphatic heterocycles. The second kappa shape index (κ2) is 12.7. The van der Waals surface area contributed by atoms with Gasteiger partial charge < -0.3 is 19.0 Å². The molecule has 6 rings (SSSR count). The molecule has 0 saturated carbocycles. The first kappa shape index (κ1) is 29.1. The predicted octanol–water partition coefficient (Wildman–Crippen LogP) is 5.72. The number of fused-ring (bicyclic) bond motifs is 1. The average Bonchev–Trinajstić information content (AvgIpc) is 3.76. The highest BCUT2D eigenvalue weighted by Gasteiger charge is 2.30. The molecule has 1 N–H and O–H groups in total. The largest absolute Gasteiger partial charge is 0.484 e. The topological polar surface area (TPSA) is 120 Å². The Hall–Kier alpha value is -4.96. The van der Waals surface area contributed by atoms with E-state index in [0.29, 0.717) is 54.0 Å². The Balaban J connectivity index is 1.37. The Morgan fingerprint density at radius 1 is 1.00 bits per heavy atom. The summed E-state index contributed by atoms with van der Waals surface area (Å²) >= 11 is 0. The number of hydrogen-bond acceptors (Lipinski definition) is 7. The van der Waals surface area contributed by atoms with Crippen molar-refractivity contribution < 1.29 is 27.2 Å². The average molecular weight is 610 g/mol. The van der Waals surface area contributed by atoms with E-state index in [1.165, 1.54) is 18.4 Å². The molecule has 0 radical (unpaired) electrons. The van der Waals surface area contributed by atoms with Crippen LogP contribution in [-0.2, 0) is 35.1 Å². The lowest BCUT2D eigenvalue weighted by molar-refractivity contribution is 0.0942. The Morgan fingerprint density at radius 2 is 1.82 bits per heavy atom. The Bertz CT molecular complexity index is 1870. The fourth-order valence-electron chi connectivity index (χ4n) is 5.53. The van der Waals surface area contributed by atoms with Crippen molar-refractivity contribution in [1.82, 2.24) is 14.9 Å². The third kappa shape index (κ3) is 6.35. The minimum Gasteiger partial charge on any atom is -0.484 e. The number of Topliss-reactive ketones (excluding diaryl/α,β-unsaturated/α-hetero) is 1. The van der Waals surface area contributed by atoms with Crippen LogP contribution in [0.25, 0.3) is 0 Å². The van der Waals surface area contributed by atoms with E-state index in [2.05, 4.69) is 10.3 Å². The SMILES string of the molecule is O=C(NCc1ccco1)c1ccccc1S(=O)(=O)Cc1c(OC(Cn2ccnc2)c2ccccc2)ccc2c1CCCC2=O. The first-order valence-electron chi connectivity index (χ1n) is 14.4. The Kier molecular flexibility index (Phi) is 8.42. The van der Waals surface area contributed by atoms with Gasteiger partial charge in [0, 0.05) is 29.9 Å². The number of hydrogen-bond donors (Lipinski definition) is 1. The van der Waals surface area contributed by atoms with E-state index < -0.39 is 27.6 Å². The fourth-order valence-corrected chi connectivity index (χ4v) is 7.17. The molecular weight excluding hydrogens is 578 g/mol. The van der Waals surface area contributed by atoms with Crippen molar-refractivity contribution in [2.24, 2.45) is 0 Å². The molecule has 1 unspecified atom stereocenters. The van der Waals surface area contributed by atoms with Crippen molar-refractivity contribution in [1.29, 1.82) is 0 Å². The van der Waals surface area contributed by atoms with Crippen LogP contribution in [0.15, 0.2) is 113 Å². The monoisotopic (exact) mass is 609 g/mol. The quantitative estimate of drug-likeness (QED) is 0.203. The summed E-state index contributed by atoms with van der Waals surface area (Å²) in [6, 6.07) is 22.7. The van der Waals surface area contributed by atoms with Crippen LogP contribution in [0, 0.1) is 0 Å². The van der Waals surface area contributed by atoms with E-state index in [0.717, 1.165) is 5.56 Å². The van der Waals surface area contributed by atoms with Gasteiger partial charge in [0.05, 0.1) is 41.9 Å². The lowest BCUT2D eigenvalue weighted by Gasteiger charge is -2.26. The normalized spacial score (nSPS) is 13.7. The number of sulfone groups is 1. The number of carbonyl (C=O) groups is 2. The maximum atomic E-state index is 14.1. The van der Waals surface area contributed by atoms with Crippen molar-refractivity contribution in [2.45, 2.75) is 49.1 Å². The van der Waals surface area contributed by atoms with Gasteiger partial charge in [-0.25, -0.2) is 13.4 Å². The Labute approximate surface area is 255 Å². The maximum Gasteiger partial charge on any atom is 0.252 e. The number of carbonyl (C=O) groups excluding carboxylic acids is 2. The summed E-state index contributed by atoms with van der Waals surface area (Å²) in [6.07, 6.45) is 7.83. The van der Waals surface area contributed by atoms with E-state index >= 15 is 0 Å². The van der Waals surface area contributed by atoms with Crippen molar-refractivity contribution in [3.63, 3.8) is 0 Å². The van der Waals surface area contributed by atoms with Gasteiger partial charge in [-0.05, 0) is 60.4 Å². The number of ether oxygens (including phenoxy) is 1. The molecule has 0 fully saturated rings. The van der Waals surface area contributed by atoms with Crippen molar-refractivity contribution in [3.05, 3.63) is 137 Å². The maximum absolute atomic E-state index is 14.1. The first-order valence-corrected chi connectivity index (χ1v) is 16.0. The number of furan rings is 1. The summed E-state index contributed by atoms with van der Waals surface area (Å²) < 4.78 is 42.1. The van der Waals surface area contributed by atoms with Gasteiger partial charge in [0.2, 0.25) is 0 Å². The lowest BCUT2D eigenvalue weighted by Crippen LogP contribution is -2.25. The Morgan fingerprint density at radius 3 is 2.59 bits per heavy atom. The molecule has 0 bridgehead atoms. The molecule has 1 aliphatic rings. The summed E-state index contributed by atoms with van der Waals surface area (Å²) in [4.78, 5) is 30.1. The van der Waals surface area contributed by atoms with Crippen molar-refractivity contribution >= 4 is 21.5 Å². The molecule has 5 aromatic rings. The van der Waals surface area contributed by atoms with E-state index in [-0.39, 0.29) is 22.8 Å². The highest BCUT2D eigenvalue weighted by Crippen LogP contribution is 2.37. The second-order valence-electron chi connectivity index (χ2n) is 10.6. The summed E-state index contributed by atoms with van der Waals surface area (Å²) in [5.74, 6) is -0.0622. The highest BCUT2D eigenvalue weighted by atomic mass is 32.2. The fraction of sp³-hybridized carbons (Fsp3) is 0.206. The molecule has 1 atom stereocenters. The van der Waals surface area contributed by atoms with E-state index in [1.807, 2.05) is 41.1 Å². The minimum atomic E-state index is -4.08. The molecule has 2 heterocycles. The van der Waals surface area contributed by atoms with Crippen molar-refractivity contribution in [3.8, 4) is 5.75 Å². The number of rotatable bonds is 11. The third-order valence-electron chi connectivity index (χ3n) is 7.70. The van der Waals surface area contributed by atoms with Crippen LogP contribution in [0.5, 0.6) is 5.75 Å². The van der Waals surface area contributed by atoms with E-state index in [1.54, 1.807) is 48.9 Å². The number of benzene rings is 3. The molecule has 9 nitrogen and oxygen atoms in total. The molecule has 0 saturated heterocycles. The molecule has 1 amide bonds. The number of nitrogens with one attached hydrogen (secondary N) is 1. The van der Waals surface area contributed by atoms with Crippen LogP contribution in [0.3, 0.4) is 0 Å². The molecular formula is C34H31N3O6S. The van der Waals surface area contributed by atoms with Crippen LogP contribution in [0.4, 0.5) is 0 Å². The zero-order valence-electron chi connectivity index (χ0n) is 23.9. The zero-order valence-corrected chi connectivity index (χ0v) is 24.7. The molecule has 10 heteroatoms. The number of aromatic nitrogens is 2. The highest BCUT2D eigenvalue weighted by molar-refractivity contribution is 7.90. The molecule has 3 aromatic carbocycles.